The predicted octanol–water partition coefficient (Wildman–Crippen LogP) is 17.5. The largest absolute Gasteiger partial charge is 0.494 e. The maximum absolute atomic E-state index is 12.7. The minimum Gasteiger partial charge on any atom is -0.494 e. The third kappa shape index (κ3) is 27.9. The Morgan fingerprint density at radius 2 is 0.578 bits per heavy atom. The molecule has 2 N–H and O–H groups in total. The first-order valence-corrected chi connectivity index (χ1v) is 26.2. The first kappa shape index (κ1) is 54.1. The minimum absolute atomic E-state index is 0.392. The molecule has 2 amide bonds. The van der Waals surface area contributed by atoms with E-state index in [0.717, 1.165) is 30.9 Å². The molecule has 0 saturated heterocycles. The zero-order valence-electron chi connectivity index (χ0n) is 40.5. The van der Waals surface area contributed by atoms with Crippen molar-refractivity contribution in [2.75, 3.05) is 13.2 Å². The molecule has 3 aromatic carbocycles. The molecule has 0 saturated carbocycles. The number of hydrogen-bond donors (Lipinski definition) is 2. The highest BCUT2D eigenvalue weighted by Gasteiger charge is 2.10. The average molecular weight is 881 g/mol. The Morgan fingerprint density at radius 3 is 0.875 bits per heavy atom. The van der Waals surface area contributed by atoms with Crippen LogP contribution in [0, 0.1) is 0 Å². The fraction of sp³-hybridized carbons (Fsp3) is 0.643. The van der Waals surface area contributed by atoms with Gasteiger partial charge in [-0.1, -0.05) is 206 Å². The molecule has 64 heavy (non-hydrogen) atoms. The molecule has 0 heterocycles. The Hall–Kier alpha value is -4.20. The van der Waals surface area contributed by atoms with E-state index in [0.29, 0.717) is 29.1 Å². The highest BCUT2D eigenvalue weighted by atomic mass is 16.5. The third-order valence-corrected chi connectivity index (χ3v) is 12.2. The first-order chi connectivity index (χ1) is 31.6. The van der Waals surface area contributed by atoms with Gasteiger partial charge in [-0.25, -0.2) is 0 Å². The predicted molar refractivity (Wildman–Crippen MR) is 269 cm³/mol. The van der Waals surface area contributed by atoms with E-state index >= 15 is 0 Å². The number of carbonyl (C=O) groups excluding carboxylic acids is 2. The number of hydrogen-bond acceptors (Lipinski definition) is 6. The molecule has 0 spiro atoms. The van der Waals surface area contributed by atoms with E-state index in [1.807, 2.05) is 24.3 Å². The van der Waals surface area contributed by atoms with Crippen molar-refractivity contribution < 1.29 is 19.1 Å². The number of benzene rings is 3. The highest BCUT2D eigenvalue weighted by Crippen LogP contribution is 2.23. The van der Waals surface area contributed by atoms with E-state index in [4.69, 9.17) is 9.47 Å². The molecule has 0 unspecified atom stereocenters. The fourth-order valence-electron chi connectivity index (χ4n) is 8.04. The number of ether oxygens (including phenoxy) is 2. The van der Waals surface area contributed by atoms with Crippen LogP contribution in [0.15, 0.2) is 83.0 Å². The van der Waals surface area contributed by atoms with Crippen LogP contribution < -0.4 is 20.3 Å². The van der Waals surface area contributed by atoms with Gasteiger partial charge in [0.1, 0.15) is 11.5 Å². The maximum Gasteiger partial charge on any atom is 0.269 e. The molecule has 0 radical (unpaired) electrons. The lowest BCUT2D eigenvalue weighted by molar-refractivity contribution is 0.0846. The molecule has 0 fully saturated rings. The molecular weight excluding hydrogens is 793 g/mol. The van der Waals surface area contributed by atoms with Gasteiger partial charge in [-0.3, -0.25) is 20.4 Å². The van der Waals surface area contributed by atoms with Crippen molar-refractivity contribution >= 4 is 23.2 Å². The Kier molecular flexibility index (Phi) is 32.2. The molecule has 0 aliphatic rings. The molecule has 3 aromatic rings. The second kappa shape index (κ2) is 38.1. The smallest absolute Gasteiger partial charge is 0.269 e. The summed E-state index contributed by atoms with van der Waals surface area (Å²) < 4.78 is 11.8. The number of nitrogens with one attached hydrogen (secondary N) is 2. The van der Waals surface area contributed by atoms with Crippen LogP contribution in [0.2, 0.25) is 0 Å². The number of hydrazine groups is 1. The van der Waals surface area contributed by atoms with Crippen LogP contribution in [-0.2, 0) is 0 Å². The molecule has 8 nitrogen and oxygen atoms in total. The Labute approximate surface area is 389 Å². The number of amides is 2. The van der Waals surface area contributed by atoms with Crippen LogP contribution >= 0.6 is 0 Å². The lowest BCUT2D eigenvalue weighted by Gasteiger charge is -2.09. The van der Waals surface area contributed by atoms with E-state index in [2.05, 4.69) is 34.9 Å². The van der Waals surface area contributed by atoms with Gasteiger partial charge in [0.2, 0.25) is 0 Å². The van der Waals surface area contributed by atoms with Crippen molar-refractivity contribution in [3.05, 3.63) is 83.9 Å². The number of rotatable bonds is 40. The number of azo groups is 1. The van der Waals surface area contributed by atoms with Gasteiger partial charge >= 0.3 is 0 Å². The van der Waals surface area contributed by atoms with Crippen molar-refractivity contribution in [1.82, 2.24) is 10.9 Å². The van der Waals surface area contributed by atoms with Crippen molar-refractivity contribution in [2.45, 2.75) is 219 Å². The fourth-order valence-corrected chi connectivity index (χ4v) is 8.04. The second-order valence-electron chi connectivity index (χ2n) is 18.0. The molecule has 0 aliphatic heterocycles. The van der Waals surface area contributed by atoms with Gasteiger partial charge in [0.05, 0.1) is 24.6 Å². The second-order valence-corrected chi connectivity index (χ2v) is 18.0. The van der Waals surface area contributed by atoms with Gasteiger partial charge in [-0.15, -0.1) is 0 Å². The summed E-state index contributed by atoms with van der Waals surface area (Å²) in [5.74, 6) is 0.746. The van der Waals surface area contributed by atoms with Crippen molar-refractivity contribution in [3.63, 3.8) is 0 Å². The summed E-state index contributed by atoms with van der Waals surface area (Å²) in [6.45, 7) is 5.96. The monoisotopic (exact) mass is 881 g/mol. The van der Waals surface area contributed by atoms with Crippen molar-refractivity contribution in [2.24, 2.45) is 10.2 Å². The van der Waals surface area contributed by atoms with E-state index in [-0.39, 0.29) is 0 Å². The van der Waals surface area contributed by atoms with Gasteiger partial charge in [-0.05, 0) is 85.6 Å². The zero-order chi connectivity index (χ0) is 45.4. The summed E-state index contributed by atoms with van der Waals surface area (Å²) in [6, 6.07) is 21.3. The van der Waals surface area contributed by atoms with Gasteiger partial charge in [0.25, 0.3) is 11.8 Å². The highest BCUT2D eigenvalue weighted by molar-refractivity contribution is 5.99. The van der Waals surface area contributed by atoms with Crippen LogP contribution in [0.3, 0.4) is 0 Å². The van der Waals surface area contributed by atoms with E-state index < -0.39 is 11.8 Å². The SMILES string of the molecule is CCCCCCCCCCCCCCCCCCOc1ccc(N=Nc2ccc(C(=O)NNC(=O)c3ccc(OCCCCCCCCCCCCCCCCCC)cc3)cc2)cc1. The molecule has 0 aliphatic carbocycles. The Bertz CT molecular complexity index is 1590. The molecule has 356 valence electrons. The summed E-state index contributed by atoms with van der Waals surface area (Å²) in [6.07, 6.45) is 43.3. The van der Waals surface area contributed by atoms with Gasteiger partial charge < -0.3 is 9.47 Å². The normalized spacial score (nSPS) is 11.3. The maximum atomic E-state index is 12.7. The number of unbranched alkanes of at least 4 members (excludes halogenated alkanes) is 30. The van der Waals surface area contributed by atoms with Gasteiger partial charge in [0.15, 0.2) is 0 Å². The van der Waals surface area contributed by atoms with E-state index in [1.165, 1.54) is 193 Å². The topological polar surface area (TPSA) is 101 Å². The molecule has 0 atom stereocenters. The van der Waals surface area contributed by atoms with Crippen LogP contribution in [0.5, 0.6) is 11.5 Å². The summed E-state index contributed by atoms with van der Waals surface area (Å²) in [7, 11) is 0. The summed E-state index contributed by atoms with van der Waals surface area (Å²) in [5, 5.41) is 8.64. The van der Waals surface area contributed by atoms with Crippen LogP contribution in [0.1, 0.15) is 240 Å². The van der Waals surface area contributed by atoms with E-state index in [1.54, 1.807) is 48.5 Å². The Balaban J connectivity index is 1.16. The van der Waals surface area contributed by atoms with Crippen LogP contribution in [0.25, 0.3) is 0 Å². The zero-order valence-corrected chi connectivity index (χ0v) is 40.5. The third-order valence-electron chi connectivity index (χ3n) is 12.2. The van der Waals surface area contributed by atoms with Crippen molar-refractivity contribution in [1.29, 1.82) is 0 Å². The Morgan fingerprint density at radius 1 is 0.344 bits per heavy atom. The number of carbonyl (C=O) groups is 2. The quantitative estimate of drug-likeness (QED) is 0.0337. The first-order valence-electron chi connectivity index (χ1n) is 26.2. The van der Waals surface area contributed by atoms with Crippen LogP contribution in [0.4, 0.5) is 11.4 Å². The lowest BCUT2D eigenvalue weighted by Crippen LogP contribution is -2.41. The van der Waals surface area contributed by atoms with Crippen LogP contribution in [-0.4, -0.2) is 25.0 Å². The molecular formula is C56H88N4O4. The average Bonchev–Trinajstić information content (AvgIpc) is 3.32. The van der Waals surface area contributed by atoms with Gasteiger partial charge in [-0.2, -0.15) is 10.2 Å². The molecule has 0 aromatic heterocycles. The standard InChI is InChI=1S/C56H88N4O4/c1-3-5-7-9-11-13-15-17-19-21-23-25-27-29-31-33-47-63-53-43-37-50(38-44-53)56(62)60-59-55(61)49-35-39-51(40-36-49)57-58-52-41-45-54(46-42-52)64-48-34-32-30-28-26-24-22-20-18-16-14-12-10-8-6-4-2/h35-46H,3-34,47-48H2,1-2H3,(H,59,61)(H,60,62). The molecule has 8 heteroatoms. The van der Waals surface area contributed by atoms with E-state index in [9.17, 15) is 9.59 Å². The van der Waals surface area contributed by atoms with Gasteiger partial charge in [0, 0.05) is 11.1 Å². The lowest BCUT2D eigenvalue weighted by atomic mass is 10.0. The summed E-state index contributed by atoms with van der Waals surface area (Å²) >= 11 is 0. The number of nitrogens with zero attached hydrogens (tertiary/aromatic N) is 2. The molecule has 3 rings (SSSR count). The summed E-state index contributed by atoms with van der Waals surface area (Å²) in [5.41, 5.74) is 7.14. The molecule has 0 bridgehead atoms. The summed E-state index contributed by atoms with van der Waals surface area (Å²) in [4.78, 5) is 25.4. The van der Waals surface area contributed by atoms with Crippen molar-refractivity contribution in [3.8, 4) is 11.5 Å². The minimum atomic E-state index is -0.425.